The fourth-order valence-corrected chi connectivity index (χ4v) is 12.1. The molecular weight excluding hydrogens is 773 g/mol. The van der Waals surface area contributed by atoms with Gasteiger partial charge in [0.1, 0.15) is 0 Å². The van der Waals surface area contributed by atoms with E-state index in [2.05, 4.69) is 87.8 Å². The average molecular weight is 851 g/mol. The summed E-state index contributed by atoms with van der Waals surface area (Å²) in [5.74, 6) is -0.324. The summed E-state index contributed by atoms with van der Waals surface area (Å²) in [4.78, 5) is 0.297. The van der Waals surface area contributed by atoms with E-state index < -0.39 is 50.7 Å². The number of ether oxygens (including phenoxy) is 4. The number of benzene rings is 1. The summed E-state index contributed by atoms with van der Waals surface area (Å²) in [5.41, 5.74) is 2.14. The van der Waals surface area contributed by atoms with Crippen LogP contribution >= 0.6 is 0 Å². The van der Waals surface area contributed by atoms with E-state index in [4.69, 9.17) is 27.8 Å². The number of rotatable bonds is 19. The molecule has 3 unspecified atom stereocenters. The molecule has 57 heavy (non-hydrogen) atoms. The number of hydrogen-bond acceptors (Lipinski definition) is 9. The number of aliphatic hydroxyl groups excluding tert-OH is 1. The van der Waals surface area contributed by atoms with Crippen LogP contribution in [0.4, 0.5) is 0 Å². The fraction of sp³-hybridized carbons (Fsp3) is 0.778. The van der Waals surface area contributed by atoms with Crippen molar-refractivity contribution in [3.63, 3.8) is 0 Å². The molecule has 3 fully saturated rings. The first-order valence-corrected chi connectivity index (χ1v) is 28.9. The van der Waals surface area contributed by atoms with Gasteiger partial charge in [-0.3, -0.25) is 0 Å². The minimum Gasteiger partial charge on any atom is -0.414 e. The van der Waals surface area contributed by atoms with Crippen LogP contribution in [-0.2, 0) is 37.6 Å². The number of methoxy groups -OCH3 is 1. The molecule has 326 valence electrons. The predicted octanol–water partition coefficient (Wildman–Crippen LogP) is 9.67. The lowest BCUT2D eigenvalue weighted by Gasteiger charge is -2.42. The monoisotopic (exact) mass is 850 g/mol. The second kappa shape index (κ2) is 19.7. The van der Waals surface area contributed by atoms with Crippen LogP contribution in [0.25, 0.3) is 0 Å². The lowest BCUT2D eigenvalue weighted by atomic mass is 9.83. The Morgan fingerprint density at radius 1 is 0.877 bits per heavy atom. The van der Waals surface area contributed by atoms with Crippen LogP contribution in [0.3, 0.4) is 0 Å². The van der Waals surface area contributed by atoms with E-state index in [1.54, 1.807) is 31.4 Å². The van der Waals surface area contributed by atoms with Gasteiger partial charge >= 0.3 is 0 Å². The largest absolute Gasteiger partial charge is 0.414 e. The maximum Gasteiger partial charge on any atom is 0.192 e. The molecule has 9 nitrogen and oxygen atoms in total. The van der Waals surface area contributed by atoms with Gasteiger partial charge in [0.05, 0.1) is 66.1 Å². The molecule has 10 atom stereocenters. The van der Waals surface area contributed by atoms with Gasteiger partial charge in [0.2, 0.25) is 0 Å². The molecule has 4 rings (SSSR count). The molecule has 1 aromatic rings. The first-order valence-electron chi connectivity index (χ1n) is 21.4. The third-order valence-electron chi connectivity index (χ3n) is 13.8. The zero-order chi connectivity index (χ0) is 42.6. The molecule has 0 spiro atoms. The third kappa shape index (κ3) is 12.7. The van der Waals surface area contributed by atoms with Crippen LogP contribution in [0.1, 0.15) is 99.8 Å². The number of hydrogen-bond donors (Lipinski definition) is 1. The number of aliphatic hydroxyl groups is 1. The quantitative estimate of drug-likeness (QED) is 0.108. The molecule has 0 aromatic heterocycles. The van der Waals surface area contributed by atoms with E-state index in [0.29, 0.717) is 24.3 Å². The summed E-state index contributed by atoms with van der Waals surface area (Å²) in [7, 11) is -6.35. The van der Waals surface area contributed by atoms with Gasteiger partial charge < -0.3 is 32.9 Å². The van der Waals surface area contributed by atoms with Crippen molar-refractivity contribution in [1.82, 2.24) is 0 Å². The van der Waals surface area contributed by atoms with E-state index in [9.17, 15) is 13.5 Å². The zero-order valence-electron chi connectivity index (χ0n) is 37.5. The van der Waals surface area contributed by atoms with Gasteiger partial charge in [0.15, 0.2) is 26.5 Å². The van der Waals surface area contributed by atoms with Crippen LogP contribution in [0.5, 0.6) is 0 Å². The van der Waals surface area contributed by atoms with Crippen molar-refractivity contribution in [2.24, 2.45) is 11.8 Å². The summed E-state index contributed by atoms with van der Waals surface area (Å²) >= 11 is 0. The summed E-state index contributed by atoms with van der Waals surface area (Å²) in [5, 5.41) is 9.32. The van der Waals surface area contributed by atoms with Gasteiger partial charge in [-0.25, -0.2) is 8.42 Å². The molecule has 0 amide bonds. The minimum absolute atomic E-state index is 0.000157. The molecule has 3 aliphatic heterocycles. The van der Waals surface area contributed by atoms with Crippen LogP contribution < -0.4 is 0 Å². The standard InChI is InChI=1S/C45H78O9SSi2/c1-31-25-35(22-23-39-32(2)26-34(51-39)19-18-24-46)52-40(33(31)3)28-41-38(30-55(47,48)37-20-16-15-17-21-37)43(49-10)42(53-41)27-36(54-57(13,14)45(7,8)9)29-50-56(11,12)44(4,5)6/h15-17,20-21,31,34-36,38-43,46H,2-3,18-19,22-30H2,1,4-14H3/t31-,34?,35+,36+,38+,39?,40?,41+,42-,43-/m1/s1. The van der Waals surface area contributed by atoms with Gasteiger partial charge in [-0.05, 0) is 104 Å². The maximum atomic E-state index is 14.1. The zero-order valence-corrected chi connectivity index (χ0v) is 40.3. The van der Waals surface area contributed by atoms with Crippen LogP contribution in [-0.4, -0.2) is 105 Å². The van der Waals surface area contributed by atoms with Crippen LogP contribution in [0.2, 0.25) is 36.3 Å². The molecule has 1 aromatic carbocycles. The van der Waals surface area contributed by atoms with E-state index in [0.717, 1.165) is 49.7 Å². The third-order valence-corrected chi connectivity index (χ3v) is 24.7. The Balaban J connectivity index is 1.59. The fourth-order valence-electron chi connectivity index (χ4n) is 8.08. The molecular formula is C45H78O9SSi2. The molecule has 0 bridgehead atoms. The SMILES string of the molecule is C=C1CC(CCCO)OC1CC[C@H]1C[C@@H](C)C(=C)C(C[C@@H]2O[C@H](C[C@@H](CO[Si](C)(C)C(C)(C)C)O[Si](C)(C)C(C)(C)C)[C@H](OC)[C@H]2CS(=O)(=O)c2ccccc2)O1. The van der Waals surface area contributed by atoms with E-state index in [1.165, 1.54) is 0 Å². The summed E-state index contributed by atoms with van der Waals surface area (Å²) in [6, 6.07) is 8.68. The Bertz CT molecular complexity index is 1570. The van der Waals surface area contributed by atoms with Crippen molar-refractivity contribution in [1.29, 1.82) is 0 Å². The second-order valence-corrected chi connectivity index (χ2v) is 31.8. The highest BCUT2D eigenvalue weighted by Crippen LogP contribution is 2.44. The van der Waals surface area contributed by atoms with Gasteiger partial charge in [0, 0.05) is 32.5 Å². The Kier molecular flexibility index (Phi) is 16.7. The van der Waals surface area contributed by atoms with Crippen molar-refractivity contribution < 1.29 is 41.3 Å². The molecule has 0 radical (unpaired) electrons. The first kappa shape index (κ1) is 48.5. The lowest BCUT2D eigenvalue weighted by molar-refractivity contribution is -0.0782. The Morgan fingerprint density at radius 3 is 2.11 bits per heavy atom. The lowest BCUT2D eigenvalue weighted by Crippen LogP contribution is -2.49. The topological polar surface area (TPSA) is 110 Å². The second-order valence-electron chi connectivity index (χ2n) is 20.2. The maximum absolute atomic E-state index is 14.1. The smallest absolute Gasteiger partial charge is 0.192 e. The highest BCUT2D eigenvalue weighted by Gasteiger charge is 2.50. The van der Waals surface area contributed by atoms with Crippen molar-refractivity contribution in [3.8, 4) is 0 Å². The van der Waals surface area contributed by atoms with Crippen molar-refractivity contribution in [2.75, 3.05) is 26.1 Å². The highest BCUT2D eigenvalue weighted by molar-refractivity contribution is 7.91. The molecule has 3 saturated heterocycles. The van der Waals surface area contributed by atoms with Crippen molar-refractivity contribution in [2.45, 2.75) is 190 Å². The normalized spacial score (nSPS) is 29.9. The van der Waals surface area contributed by atoms with Gasteiger partial charge in [0.25, 0.3) is 0 Å². The predicted molar refractivity (Wildman–Crippen MR) is 235 cm³/mol. The average Bonchev–Trinajstić information content (AvgIpc) is 3.63. The van der Waals surface area contributed by atoms with Crippen LogP contribution in [0.15, 0.2) is 59.5 Å². The number of sulfone groups is 1. The van der Waals surface area contributed by atoms with E-state index in [1.807, 2.05) is 6.07 Å². The first-order chi connectivity index (χ1) is 26.4. The summed E-state index contributed by atoms with van der Waals surface area (Å²) < 4.78 is 68.6. The molecule has 12 heteroatoms. The Labute approximate surface area is 348 Å². The molecule has 0 aliphatic carbocycles. The Hall–Kier alpha value is -1.20. The molecule has 3 heterocycles. The minimum atomic E-state index is -3.68. The van der Waals surface area contributed by atoms with E-state index >= 15 is 0 Å². The summed E-state index contributed by atoms with van der Waals surface area (Å²) in [6.45, 7) is 34.2. The van der Waals surface area contributed by atoms with Crippen molar-refractivity contribution in [3.05, 3.63) is 54.6 Å². The molecule has 3 aliphatic rings. The van der Waals surface area contributed by atoms with E-state index in [-0.39, 0.29) is 58.9 Å². The highest BCUT2D eigenvalue weighted by atomic mass is 32.2. The molecule has 1 N–H and O–H groups in total. The van der Waals surface area contributed by atoms with Gasteiger partial charge in [-0.2, -0.15) is 0 Å². The molecule has 0 saturated carbocycles. The van der Waals surface area contributed by atoms with Crippen molar-refractivity contribution >= 4 is 26.5 Å². The van der Waals surface area contributed by atoms with Gasteiger partial charge in [-0.1, -0.05) is 79.8 Å². The van der Waals surface area contributed by atoms with Crippen LogP contribution in [0, 0.1) is 11.8 Å². The van der Waals surface area contributed by atoms with Gasteiger partial charge in [-0.15, -0.1) is 0 Å². The Morgan fingerprint density at radius 2 is 1.51 bits per heavy atom. The summed E-state index contributed by atoms with van der Waals surface area (Å²) in [6.07, 6.45) is 4.12.